The van der Waals surface area contributed by atoms with Crippen molar-refractivity contribution in [3.63, 3.8) is 0 Å². The molecule has 1 N–H and O–H groups in total. The highest BCUT2D eigenvalue weighted by Gasteiger charge is 2.18. The predicted molar refractivity (Wildman–Crippen MR) is 49.8 cm³/mol. The van der Waals surface area contributed by atoms with Crippen LogP contribution in [0.3, 0.4) is 0 Å². The summed E-state index contributed by atoms with van der Waals surface area (Å²) in [7, 11) is 1.15. The quantitative estimate of drug-likeness (QED) is 0.433. The standard InChI is InChI=1S/C8H8N2O5/c1-4-3-5(10(13)14)7(11)9-6(4)8(12)15-2/h3H,1-2H3,(H,9,11). The van der Waals surface area contributed by atoms with Gasteiger partial charge < -0.3 is 9.72 Å². The maximum absolute atomic E-state index is 11.1. The highest BCUT2D eigenvalue weighted by Crippen LogP contribution is 2.10. The van der Waals surface area contributed by atoms with Gasteiger partial charge >= 0.3 is 17.2 Å². The number of pyridine rings is 1. The molecular weight excluding hydrogens is 204 g/mol. The Hall–Kier alpha value is -2.18. The van der Waals surface area contributed by atoms with Gasteiger partial charge in [-0.2, -0.15) is 0 Å². The van der Waals surface area contributed by atoms with Gasteiger partial charge in [-0.05, 0) is 12.5 Å². The molecule has 0 aliphatic carbocycles. The lowest BCUT2D eigenvalue weighted by Gasteiger charge is -2.02. The van der Waals surface area contributed by atoms with E-state index in [0.717, 1.165) is 13.2 Å². The van der Waals surface area contributed by atoms with Crippen LogP contribution in [0.1, 0.15) is 16.1 Å². The largest absolute Gasteiger partial charge is 0.464 e. The molecule has 1 heterocycles. The number of methoxy groups -OCH3 is 1. The number of nitro groups is 1. The Balaban J connectivity index is 3.38. The number of aryl methyl sites for hydroxylation is 1. The van der Waals surface area contributed by atoms with Crippen LogP contribution in [0.5, 0.6) is 0 Å². The fraction of sp³-hybridized carbons (Fsp3) is 0.250. The molecule has 0 radical (unpaired) electrons. The summed E-state index contributed by atoms with van der Waals surface area (Å²) in [6.07, 6.45) is 0. The molecule has 0 saturated heterocycles. The highest BCUT2D eigenvalue weighted by molar-refractivity contribution is 5.88. The molecule has 0 bridgehead atoms. The molecule has 1 rings (SSSR count). The monoisotopic (exact) mass is 212 g/mol. The van der Waals surface area contributed by atoms with Gasteiger partial charge in [0, 0.05) is 6.07 Å². The normalized spacial score (nSPS) is 9.73. The summed E-state index contributed by atoms with van der Waals surface area (Å²) < 4.78 is 4.39. The lowest BCUT2D eigenvalue weighted by atomic mass is 10.2. The Labute approximate surface area is 83.8 Å². The molecule has 0 aromatic carbocycles. The van der Waals surface area contributed by atoms with Crippen molar-refractivity contribution in [2.75, 3.05) is 7.11 Å². The second-order valence-electron chi connectivity index (χ2n) is 2.79. The summed E-state index contributed by atoms with van der Waals surface area (Å²) in [5.74, 6) is -0.737. The van der Waals surface area contributed by atoms with E-state index in [2.05, 4.69) is 9.72 Å². The second kappa shape index (κ2) is 3.91. The second-order valence-corrected chi connectivity index (χ2v) is 2.79. The molecule has 15 heavy (non-hydrogen) atoms. The lowest BCUT2D eigenvalue weighted by Crippen LogP contribution is -2.18. The van der Waals surface area contributed by atoms with Crippen molar-refractivity contribution in [1.29, 1.82) is 0 Å². The predicted octanol–water partition coefficient (Wildman–Crippen LogP) is 0.378. The summed E-state index contributed by atoms with van der Waals surface area (Å²) in [6.45, 7) is 1.47. The van der Waals surface area contributed by atoms with Crippen molar-refractivity contribution in [2.45, 2.75) is 6.92 Å². The number of nitrogens with one attached hydrogen (secondary N) is 1. The van der Waals surface area contributed by atoms with E-state index in [1.165, 1.54) is 6.92 Å². The molecule has 0 amide bonds. The van der Waals surface area contributed by atoms with Gasteiger partial charge in [-0.3, -0.25) is 14.9 Å². The third kappa shape index (κ3) is 2.01. The highest BCUT2D eigenvalue weighted by atomic mass is 16.6. The molecular formula is C8H8N2O5. The maximum Gasteiger partial charge on any atom is 0.354 e. The van der Waals surface area contributed by atoms with E-state index >= 15 is 0 Å². The van der Waals surface area contributed by atoms with Crippen LogP contribution in [-0.4, -0.2) is 23.0 Å². The Morgan fingerprint density at radius 1 is 1.60 bits per heavy atom. The summed E-state index contributed by atoms with van der Waals surface area (Å²) in [6, 6.07) is 1.03. The smallest absolute Gasteiger partial charge is 0.354 e. The van der Waals surface area contributed by atoms with E-state index in [9.17, 15) is 19.7 Å². The minimum Gasteiger partial charge on any atom is -0.464 e. The van der Waals surface area contributed by atoms with E-state index in [1.54, 1.807) is 0 Å². The number of rotatable bonds is 2. The Kier molecular flexibility index (Phi) is 2.84. The van der Waals surface area contributed by atoms with Crippen molar-refractivity contribution < 1.29 is 14.5 Å². The molecule has 0 aliphatic heterocycles. The van der Waals surface area contributed by atoms with Crippen LogP contribution in [0.15, 0.2) is 10.9 Å². The van der Waals surface area contributed by atoms with E-state index < -0.39 is 22.1 Å². The number of esters is 1. The van der Waals surface area contributed by atoms with E-state index in [4.69, 9.17) is 0 Å². The number of aromatic amines is 1. The first kappa shape index (κ1) is 10.9. The van der Waals surface area contributed by atoms with Gasteiger partial charge in [0.2, 0.25) is 0 Å². The zero-order valence-corrected chi connectivity index (χ0v) is 8.07. The zero-order valence-electron chi connectivity index (χ0n) is 8.07. The van der Waals surface area contributed by atoms with Gasteiger partial charge in [-0.1, -0.05) is 0 Å². The number of ether oxygens (including phenoxy) is 1. The Morgan fingerprint density at radius 3 is 2.67 bits per heavy atom. The van der Waals surface area contributed by atoms with Gasteiger partial charge in [0.05, 0.1) is 12.0 Å². The number of hydrogen-bond acceptors (Lipinski definition) is 5. The average molecular weight is 212 g/mol. The summed E-state index contributed by atoms with van der Waals surface area (Å²) in [5.41, 5.74) is -1.31. The first-order valence-electron chi connectivity index (χ1n) is 3.94. The molecule has 0 fully saturated rings. The minimum absolute atomic E-state index is 0.0758. The third-order valence-electron chi connectivity index (χ3n) is 1.80. The van der Waals surface area contributed by atoms with Crippen LogP contribution >= 0.6 is 0 Å². The van der Waals surface area contributed by atoms with Crippen molar-refractivity contribution >= 4 is 11.7 Å². The van der Waals surface area contributed by atoms with Crippen molar-refractivity contribution in [3.05, 3.63) is 37.8 Å². The molecule has 0 atom stereocenters. The molecule has 80 valence electrons. The van der Waals surface area contributed by atoms with E-state index in [-0.39, 0.29) is 11.3 Å². The zero-order chi connectivity index (χ0) is 11.6. The summed E-state index contributed by atoms with van der Waals surface area (Å²) in [5, 5.41) is 10.4. The summed E-state index contributed by atoms with van der Waals surface area (Å²) >= 11 is 0. The minimum atomic E-state index is -0.925. The number of nitrogens with zero attached hydrogens (tertiary/aromatic N) is 1. The van der Waals surface area contributed by atoms with Crippen LogP contribution in [-0.2, 0) is 4.74 Å². The molecule has 0 spiro atoms. The first-order valence-corrected chi connectivity index (χ1v) is 3.94. The van der Waals surface area contributed by atoms with Crippen LogP contribution in [0.2, 0.25) is 0 Å². The number of H-pyrrole nitrogens is 1. The topological polar surface area (TPSA) is 102 Å². The Morgan fingerprint density at radius 2 is 2.20 bits per heavy atom. The fourth-order valence-corrected chi connectivity index (χ4v) is 1.07. The van der Waals surface area contributed by atoms with Gasteiger partial charge in [0.1, 0.15) is 5.69 Å². The van der Waals surface area contributed by atoms with Crippen molar-refractivity contribution in [1.82, 2.24) is 4.98 Å². The number of aromatic nitrogens is 1. The third-order valence-corrected chi connectivity index (χ3v) is 1.80. The van der Waals surface area contributed by atoms with Crippen molar-refractivity contribution in [3.8, 4) is 0 Å². The average Bonchev–Trinajstić information content (AvgIpc) is 2.19. The van der Waals surface area contributed by atoms with Gasteiger partial charge in [-0.25, -0.2) is 4.79 Å². The SMILES string of the molecule is COC(=O)c1[nH]c(=O)c([N+](=O)[O-])cc1C. The molecule has 7 heteroatoms. The number of carbonyl (C=O) groups excluding carboxylic acids is 1. The van der Waals surface area contributed by atoms with Crippen molar-refractivity contribution in [2.24, 2.45) is 0 Å². The van der Waals surface area contributed by atoms with Gasteiger partial charge in [0.25, 0.3) is 0 Å². The van der Waals surface area contributed by atoms with Crippen LogP contribution in [0.4, 0.5) is 5.69 Å². The lowest BCUT2D eigenvalue weighted by molar-refractivity contribution is -0.386. The molecule has 0 aliphatic rings. The molecule has 0 unspecified atom stereocenters. The van der Waals surface area contributed by atoms with Crippen LogP contribution < -0.4 is 5.56 Å². The van der Waals surface area contributed by atoms with E-state index in [1.807, 2.05) is 0 Å². The number of hydrogen-bond donors (Lipinski definition) is 1. The molecule has 7 nitrogen and oxygen atoms in total. The van der Waals surface area contributed by atoms with E-state index in [0.29, 0.717) is 0 Å². The fourth-order valence-electron chi connectivity index (χ4n) is 1.07. The van der Waals surface area contributed by atoms with Crippen LogP contribution in [0, 0.1) is 17.0 Å². The van der Waals surface area contributed by atoms with Gasteiger partial charge in [-0.15, -0.1) is 0 Å². The first-order chi connectivity index (χ1) is 6.97. The summed E-state index contributed by atoms with van der Waals surface area (Å²) in [4.78, 5) is 33.9. The molecule has 1 aromatic rings. The maximum atomic E-state index is 11.1. The Bertz CT molecular complexity index is 476. The van der Waals surface area contributed by atoms with Gasteiger partial charge in [0.15, 0.2) is 0 Å². The van der Waals surface area contributed by atoms with Crippen LogP contribution in [0.25, 0.3) is 0 Å². The number of carbonyl (C=O) groups is 1. The molecule has 0 saturated carbocycles. The molecule has 1 aromatic heterocycles.